The number of nitrogen functional groups attached to an aromatic ring is 1. The number of aromatic nitrogens is 2. The lowest BCUT2D eigenvalue weighted by atomic mass is 9.97. The summed E-state index contributed by atoms with van der Waals surface area (Å²) in [5.74, 6) is -1.58. The zero-order valence-electron chi connectivity index (χ0n) is 10.3. The summed E-state index contributed by atoms with van der Waals surface area (Å²) in [5, 5.41) is 7.45. The van der Waals surface area contributed by atoms with Gasteiger partial charge in [0.1, 0.15) is 11.4 Å². The van der Waals surface area contributed by atoms with Crippen molar-refractivity contribution in [3.8, 4) is 11.5 Å². The smallest absolute Gasteiger partial charge is 0.253 e. The van der Waals surface area contributed by atoms with Gasteiger partial charge in [0.25, 0.3) is 5.89 Å². The molecule has 0 bridgehead atoms. The maximum absolute atomic E-state index is 13.8. The second-order valence-electron chi connectivity index (χ2n) is 4.99. The van der Waals surface area contributed by atoms with Crippen LogP contribution in [0.2, 0.25) is 0 Å². The molecule has 0 aliphatic heterocycles. The largest absolute Gasteiger partial charge is 0.420 e. The highest BCUT2D eigenvalue weighted by atomic mass is 19.1. The van der Waals surface area contributed by atoms with E-state index in [1.165, 1.54) is 0 Å². The Hall–Kier alpha value is -1.98. The third-order valence-electron chi connectivity index (χ3n) is 2.40. The number of hydrogen-bond donors (Lipinski definition) is 1. The average Bonchev–Trinajstić information content (AvgIpc) is 2.73. The molecule has 0 spiro atoms. The fourth-order valence-corrected chi connectivity index (χ4v) is 1.39. The first-order chi connectivity index (χ1) is 8.30. The van der Waals surface area contributed by atoms with Gasteiger partial charge in [0.2, 0.25) is 5.89 Å². The van der Waals surface area contributed by atoms with Gasteiger partial charge in [-0.2, -0.15) is 0 Å². The maximum Gasteiger partial charge on any atom is 0.253 e. The van der Waals surface area contributed by atoms with E-state index in [2.05, 4.69) is 10.2 Å². The molecule has 6 heteroatoms. The van der Waals surface area contributed by atoms with Crippen molar-refractivity contribution in [2.75, 3.05) is 5.73 Å². The van der Waals surface area contributed by atoms with Crippen LogP contribution < -0.4 is 5.73 Å². The standard InChI is InChI=1S/C12H13F2N3O/c1-12(2,3)11-17-16-10(18-11)8-6(13)4-5-7(15)9(8)14/h4-5H,15H2,1-3H3. The zero-order chi connectivity index (χ0) is 13.5. The first kappa shape index (κ1) is 12.5. The van der Waals surface area contributed by atoms with E-state index in [0.29, 0.717) is 5.89 Å². The molecular formula is C12H13F2N3O. The first-order valence-electron chi connectivity index (χ1n) is 5.38. The summed E-state index contributed by atoms with van der Waals surface area (Å²) in [6.45, 7) is 5.57. The Morgan fingerprint density at radius 2 is 1.83 bits per heavy atom. The number of rotatable bonds is 1. The van der Waals surface area contributed by atoms with E-state index in [0.717, 1.165) is 12.1 Å². The van der Waals surface area contributed by atoms with Crippen molar-refractivity contribution < 1.29 is 13.2 Å². The van der Waals surface area contributed by atoms with E-state index in [-0.39, 0.29) is 11.6 Å². The van der Waals surface area contributed by atoms with Gasteiger partial charge in [-0.15, -0.1) is 10.2 Å². The second kappa shape index (κ2) is 4.04. The molecule has 2 N–H and O–H groups in total. The van der Waals surface area contributed by atoms with Crippen molar-refractivity contribution in [1.82, 2.24) is 10.2 Å². The normalized spacial score (nSPS) is 11.8. The van der Waals surface area contributed by atoms with Gasteiger partial charge in [-0.05, 0) is 12.1 Å². The Morgan fingerprint density at radius 1 is 1.17 bits per heavy atom. The van der Waals surface area contributed by atoms with Gasteiger partial charge >= 0.3 is 0 Å². The second-order valence-corrected chi connectivity index (χ2v) is 4.99. The summed E-state index contributed by atoms with van der Waals surface area (Å²) in [6.07, 6.45) is 0. The van der Waals surface area contributed by atoms with E-state index in [4.69, 9.17) is 10.2 Å². The first-order valence-corrected chi connectivity index (χ1v) is 5.38. The van der Waals surface area contributed by atoms with Crippen LogP contribution >= 0.6 is 0 Å². The lowest BCUT2D eigenvalue weighted by Gasteiger charge is -2.11. The summed E-state index contributed by atoms with van der Waals surface area (Å²) in [5.41, 5.74) is 4.44. The highest BCUT2D eigenvalue weighted by molar-refractivity contribution is 5.62. The molecule has 96 valence electrons. The lowest BCUT2D eigenvalue weighted by molar-refractivity contribution is 0.397. The Kier molecular flexibility index (Phi) is 2.80. The Labute approximate surface area is 103 Å². The molecule has 0 saturated heterocycles. The van der Waals surface area contributed by atoms with Gasteiger partial charge in [-0.3, -0.25) is 0 Å². The van der Waals surface area contributed by atoms with E-state index < -0.39 is 22.6 Å². The molecule has 1 aromatic heterocycles. The molecule has 0 radical (unpaired) electrons. The Balaban J connectivity index is 2.57. The van der Waals surface area contributed by atoms with Crippen LogP contribution in [0, 0.1) is 11.6 Å². The number of benzene rings is 1. The summed E-state index contributed by atoms with van der Waals surface area (Å²) in [6, 6.07) is 2.21. The van der Waals surface area contributed by atoms with Crippen LogP contribution in [-0.4, -0.2) is 10.2 Å². The lowest BCUT2D eigenvalue weighted by Crippen LogP contribution is -2.11. The highest BCUT2D eigenvalue weighted by Gasteiger charge is 2.25. The quantitative estimate of drug-likeness (QED) is 0.793. The molecule has 1 aromatic carbocycles. The minimum Gasteiger partial charge on any atom is -0.420 e. The summed E-state index contributed by atoms with van der Waals surface area (Å²) in [7, 11) is 0. The van der Waals surface area contributed by atoms with Crippen LogP contribution in [0.15, 0.2) is 16.5 Å². The number of hydrogen-bond acceptors (Lipinski definition) is 4. The summed E-state index contributed by atoms with van der Waals surface area (Å²) in [4.78, 5) is 0. The monoisotopic (exact) mass is 253 g/mol. The molecule has 18 heavy (non-hydrogen) atoms. The molecule has 0 unspecified atom stereocenters. The van der Waals surface area contributed by atoms with Crippen LogP contribution in [0.5, 0.6) is 0 Å². The number of nitrogens with two attached hydrogens (primary N) is 1. The topological polar surface area (TPSA) is 64.9 Å². The highest BCUT2D eigenvalue weighted by Crippen LogP contribution is 2.30. The van der Waals surface area contributed by atoms with Crippen LogP contribution in [0.25, 0.3) is 11.5 Å². The zero-order valence-corrected chi connectivity index (χ0v) is 10.3. The van der Waals surface area contributed by atoms with Crippen molar-refractivity contribution in [3.05, 3.63) is 29.7 Å². The predicted octanol–water partition coefficient (Wildman–Crippen LogP) is 2.89. The van der Waals surface area contributed by atoms with Gasteiger partial charge in [-0.1, -0.05) is 20.8 Å². The van der Waals surface area contributed by atoms with Crippen LogP contribution in [-0.2, 0) is 5.41 Å². The molecule has 2 rings (SSSR count). The molecule has 4 nitrogen and oxygen atoms in total. The molecule has 2 aromatic rings. The molecule has 0 atom stereocenters. The van der Waals surface area contributed by atoms with Crippen molar-refractivity contribution in [2.24, 2.45) is 0 Å². The van der Waals surface area contributed by atoms with E-state index in [1.807, 2.05) is 20.8 Å². The minimum atomic E-state index is -0.890. The van der Waals surface area contributed by atoms with Crippen LogP contribution in [0.1, 0.15) is 26.7 Å². The Bertz CT molecular complexity index is 587. The van der Waals surface area contributed by atoms with Crippen LogP contribution in [0.3, 0.4) is 0 Å². The molecule has 0 aliphatic carbocycles. The molecular weight excluding hydrogens is 240 g/mol. The molecule has 0 amide bonds. The number of nitrogens with zero attached hydrogens (tertiary/aromatic N) is 2. The molecule has 0 aliphatic rings. The van der Waals surface area contributed by atoms with Crippen molar-refractivity contribution >= 4 is 5.69 Å². The molecule has 0 saturated carbocycles. The average molecular weight is 253 g/mol. The van der Waals surface area contributed by atoms with Gasteiger partial charge in [-0.25, -0.2) is 8.78 Å². The van der Waals surface area contributed by atoms with Crippen molar-refractivity contribution in [2.45, 2.75) is 26.2 Å². The number of halogens is 2. The maximum atomic E-state index is 13.8. The predicted molar refractivity (Wildman–Crippen MR) is 62.8 cm³/mol. The summed E-state index contributed by atoms with van der Waals surface area (Å²) >= 11 is 0. The van der Waals surface area contributed by atoms with E-state index >= 15 is 0 Å². The third-order valence-corrected chi connectivity index (χ3v) is 2.40. The van der Waals surface area contributed by atoms with Crippen molar-refractivity contribution in [3.63, 3.8) is 0 Å². The van der Waals surface area contributed by atoms with E-state index in [1.54, 1.807) is 0 Å². The fraction of sp³-hybridized carbons (Fsp3) is 0.333. The van der Waals surface area contributed by atoms with Gasteiger partial charge in [0.05, 0.1) is 5.69 Å². The van der Waals surface area contributed by atoms with E-state index in [9.17, 15) is 8.78 Å². The third kappa shape index (κ3) is 2.05. The molecule has 0 fully saturated rings. The summed E-state index contributed by atoms with van der Waals surface area (Å²) < 4.78 is 32.7. The van der Waals surface area contributed by atoms with Gasteiger partial charge < -0.3 is 10.2 Å². The fourth-order valence-electron chi connectivity index (χ4n) is 1.39. The SMILES string of the molecule is CC(C)(C)c1nnc(-c2c(F)ccc(N)c2F)o1. The van der Waals surface area contributed by atoms with Crippen molar-refractivity contribution in [1.29, 1.82) is 0 Å². The molecule has 1 heterocycles. The van der Waals surface area contributed by atoms with Gasteiger partial charge in [0.15, 0.2) is 5.82 Å². The van der Waals surface area contributed by atoms with Crippen LogP contribution in [0.4, 0.5) is 14.5 Å². The van der Waals surface area contributed by atoms with Gasteiger partial charge in [0, 0.05) is 5.41 Å². The number of anilines is 1. The Morgan fingerprint density at radius 3 is 2.39 bits per heavy atom. The minimum absolute atomic E-state index is 0.165.